The molecule has 0 saturated heterocycles. The number of hydrogen-bond acceptors (Lipinski definition) is 6. The molecule has 2 aromatic heterocycles. The minimum atomic E-state index is -3.19. The molecule has 4 aromatic rings. The molecular weight excluding hydrogens is 376 g/mol. The maximum atomic E-state index is 12.2. The summed E-state index contributed by atoms with van der Waals surface area (Å²) in [6.45, 7) is 0. The molecule has 7 nitrogen and oxygen atoms in total. The predicted molar refractivity (Wildman–Crippen MR) is 106 cm³/mol. The predicted octanol–water partition coefficient (Wildman–Crippen LogP) is 3.22. The summed E-state index contributed by atoms with van der Waals surface area (Å²) < 4.78 is 32.1. The summed E-state index contributed by atoms with van der Waals surface area (Å²) in [4.78, 5) is 8.39. The second-order valence-corrected chi connectivity index (χ2v) is 8.72. The van der Waals surface area contributed by atoms with E-state index in [1.165, 1.54) is 6.33 Å². The molecule has 2 aromatic carbocycles. The summed E-state index contributed by atoms with van der Waals surface area (Å²) in [7, 11) is -3.19. The van der Waals surface area contributed by atoms with Crippen LogP contribution in [0.1, 0.15) is 11.3 Å². The molecule has 0 fully saturated rings. The number of benzene rings is 2. The van der Waals surface area contributed by atoms with Crippen LogP contribution in [0.4, 0.5) is 5.82 Å². The van der Waals surface area contributed by atoms with E-state index in [4.69, 9.17) is 10.5 Å². The first kappa shape index (κ1) is 16.8. The van der Waals surface area contributed by atoms with Crippen molar-refractivity contribution in [1.29, 1.82) is 0 Å². The number of nitrogens with zero attached hydrogens (tertiary/aromatic N) is 3. The van der Waals surface area contributed by atoms with Gasteiger partial charge in [-0.05, 0) is 36.4 Å². The molecule has 0 saturated carbocycles. The van der Waals surface area contributed by atoms with Crippen molar-refractivity contribution in [3.8, 4) is 17.2 Å². The number of para-hydroxylation sites is 1. The molecule has 0 radical (unpaired) electrons. The summed E-state index contributed by atoms with van der Waals surface area (Å²) >= 11 is 0. The van der Waals surface area contributed by atoms with Gasteiger partial charge in [0.25, 0.3) is 0 Å². The average molecular weight is 392 g/mol. The number of nitrogens with two attached hydrogens (primary N) is 1. The number of ether oxygens (including phenoxy) is 1. The van der Waals surface area contributed by atoms with Crippen LogP contribution in [0.2, 0.25) is 0 Å². The van der Waals surface area contributed by atoms with Crippen molar-refractivity contribution < 1.29 is 13.2 Å². The van der Waals surface area contributed by atoms with E-state index in [-0.39, 0.29) is 11.5 Å². The van der Waals surface area contributed by atoms with Crippen molar-refractivity contribution in [2.24, 2.45) is 0 Å². The monoisotopic (exact) mass is 392 g/mol. The lowest BCUT2D eigenvalue weighted by Gasteiger charge is -2.11. The highest BCUT2D eigenvalue weighted by Crippen LogP contribution is 2.37. The van der Waals surface area contributed by atoms with Gasteiger partial charge in [0, 0.05) is 16.9 Å². The van der Waals surface area contributed by atoms with Gasteiger partial charge in [0.15, 0.2) is 15.7 Å². The molecule has 8 heteroatoms. The molecule has 3 heterocycles. The summed E-state index contributed by atoms with van der Waals surface area (Å²) in [5, 5.41) is 0. The largest absolute Gasteiger partial charge is 0.457 e. The Morgan fingerprint density at radius 2 is 1.64 bits per heavy atom. The van der Waals surface area contributed by atoms with Gasteiger partial charge >= 0.3 is 0 Å². The normalized spacial score (nSPS) is 14.9. The van der Waals surface area contributed by atoms with Gasteiger partial charge in [-0.2, -0.15) is 0 Å². The van der Waals surface area contributed by atoms with Crippen LogP contribution in [0.3, 0.4) is 0 Å². The van der Waals surface area contributed by atoms with Gasteiger partial charge in [0.05, 0.1) is 17.0 Å². The topological polar surface area (TPSA) is 100 Å². The number of hydrogen-bond donors (Lipinski definition) is 1. The molecule has 140 valence electrons. The van der Waals surface area contributed by atoms with Crippen molar-refractivity contribution in [2.75, 3.05) is 5.73 Å². The Labute approximate surface area is 161 Å². The van der Waals surface area contributed by atoms with Crippen molar-refractivity contribution in [2.45, 2.75) is 11.5 Å². The van der Waals surface area contributed by atoms with Crippen LogP contribution in [-0.2, 0) is 21.3 Å². The second-order valence-electron chi connectivity index (χ2n) is 6.66. The SMILES string of the molecule is Nc1ncnc2c3c(n(-c4ccc(Oc5ccccc5)cc4)c12)CS(=O)(=O)C3. The number of aromatic nitrogens is 3. The summed E-state index contributed by atoms with van der Waals surface area (Å²) in [5.74, 6) is 1.67. The number of fused-ring (bicyclic) bond motifs is 3. The lowest BCUT2D eigenvalue weighted by molar-refractivity contribution is 0.482. The van der Waals surface area contributed by atoms with Gasteiger partial charge < -0.3 is 15.0 Å². The number of anilines is 1. The van der Waals surface area contributed by atoms with Gasteiger partial charge in [-0.25, -0.2) is 18.4 Å². The summed E-state index contributed by atoms with van der Waals surface area (Å²) in [6.07, 6.45) is 1.37. The van der Waals surface area contributed by atoms with Gasteiger partial charge in [0.2, 0.25) is 0 Å². The lowest BCUT2D eigenvalue weighted by atomic mass is 10.2. The third kappa shape index (κ3) is 2.69. The molecule has 0 aliphatic carbocycles. The van der Waals surface area contributed by atoms with Crippen LogP contribution in [0.25, 0.3) is 16.7 Å². The van der Waals surface area contributed by atoms with Gasteiger partial charge in [-0.3, -0.25) is 0 Å². The Balaban J connectivity index is 1.62. The maximum absolute atomic E-state index is 12.2. The summed E-state index contributed by atoms with van der Waals surface area (Å²) in [6, 6.07) is 16.9. The van der Waals surface area contributed by atoms with E-state index < -0.39 is 9.84 Å². The Morgan fingerprint density at radius 1 is 0.929 bits per heavy atom. The summed E-state index contributed by atoms with van der Waals surface area (Å²) in [5.41, 5.74) is 9.52. The van der Waals surface area contributed by atoms with E-state index in [0.717, 1.165) is 11.4 Å². The van der Waals surface area contributed by atoms with Crippen LogP contribution in [-0.4, -0.2) is 23.0 Å². The molecule has 0 unspecified atom stereocenters. The fraction of sp³-hybridized carbons (Fsp3) is 0.100. The lowest BCUT2D eigenvalue weighted by Crippen LogP contribution is -2.05. The molecule has 5 rings (SSSR count). The first-order valence-corrected chi connectivity index (χ1v) is 10.5. The Kier molecular flexibility index (Phi) is 3.63. The molecule has 2 N–H and O–H groups in total. The second kappa shape index (κ2) is 6.07. The molecule has 0 spiro atoms. The highest BCUT2D eigenvalue weighted by atomic mass is 32.2. The van der Waals surface area contributed by atoms with Crippen LogP contribution < -0.4 is 10.5 Å². The standard InChI is InChI=1S/C20H16N4O3S/c21-20-19-18(22-12-23-20)16-10-28(25,26)11-17(16)24(19)13-6-8-15(9-7-13)27-14-4-2-1-3-5-14/h1-9,12H,10-11H2,(H2,21,22,23). The molecule has 1 aliphatic heterocycles. The third-order valence-electron chi connectivity index (χ3n) is 4.77. The minimum absolute atomic E-state index is 0.0303. The Morgan fingerprint density at radius 3 is 2.39 bits per heavy atom. The molecule has 1 aliphatic rings. The van der Waals surface area contributed by atoms with Crippen molar-refractivity contribution >= 4 is 26.7 Å². The molecule has 0 atom stereocenters. The third-order valence-corrected chi connectivity index (χ3v) is 6.21. The average Bonchev–Trinajstić information content (AvgIpc) is 3.15. The Hall–Kier alpha value is -3.39. The first-order chi connectivity index (χ1) is 13.5. The molecule has 0 bridgehead atoms. The molecule has 0 amide bonds. The highest BCUT2D eigenvalue weighted by Gasteiger charge is 2.33. The van der Waals surface area contributed by atoms with E-state index in [1.54, 1.807) is 0 Å². The van der Waals surface area contributed by atoms with E-state index in [9.17, 15) is 8.42 Å². The fourth-order valence-corrected chi connectivity index (χ4v) is 5.16. The zero-order valence-electron chi connectivity index (χ0n) is 14.7. The number of nitrogen functional groups attached to an aromatic ring is 1. The van der Waals surface area contributed by atoms with E-state index >= 15 is 0 Å². The van der Waals surface area contributed by atoms with E-state index in [1.807, 2.05) is 59.2 Å². The van der Waals surface area contributed by atoms with Gasteiger partial charge in [-0.15, -0.1) is 0 Å². The molecular formula is C20H16N4O3S. The minimum Gasteiger partial charge on any atom is -0.457 e. The number of rotatable bonds is 3. The van der Waals surface area contributed by atoms with Crippen molar-refractivity contribution in [3.05, 3.63) is 72.2 Å². The zero-order chi connectivity index (χ0) is 19.3. The van der Waals surface area contributed by atoms with Crippen LogP contribution in [0.15, 0.2) is 60.9 Å². The van der Waals surface area contributed by atoms with Crippen molar-refractivity contribution in [1.82, 2.24) is 14.5 Å². The van der Waals surface area contributed by atoms with Crippen molar-refractivity contribution in [3.63, 3.8) is 0 Å². The van der Waals surface area contributed by atoms with Crippen LogP contribution >= 0.6 is 0 Å². The Bertz CT molecular complexity index is 1300. The number of sulfone groups is 1. The van der Waals surface area contributed by atoms with E-state index in [2.05, 4.69) is 9.97 Å². The van der Waals surface area contributed by atoms with Crippen LogP contribution in [0.5, 0.6) is 11.5 Å². The smallest absolute Gasteiger partial charge is 0.160 e. The quantitative estimate of drug-likeness (QED) is 0.575. The van der Waals surface area contributed by atoms with Gasteiger partial charge in [-0.1, -0.05) is 18.2 Å². The van der Waals surface area contributed by atoms with E-state index in [0.29, 0.717) is 33.9 Å². The van der Waals surface area contributed by atoms with Crippen LogP contribution in [0, 0.1) is 0 Å². The first-order valence-electron chi connectivity index (χ1n) is 8.68. The fourth-order valence-electron chi connectivity index (χ4n) is 3.60. The molecule has 28 heavy (non-hydrogen) atoms. The van der Waals surface area contributed by atoms with Gasteiger partial charge in [0.1, 0.15) is 23.3 Å². The zero-order valence-corrected chi connectivity index (χ0v) is 15.6. The highest BCUT2D eigenvalue weighted by molar-refractivity contribution is 7.90. The maximum Gasteiger partial charge on any atom is 0.160 e.